The first-order chi connectivity index (χ1) is 19.3. The van der Waals surface area contributed by atoms with Gasteiger partial charge in [0.1, 0.15) is 6.61 Å². The molecular weight excluding hydrogens is 539 g/mol. The Bertz CT molecular complexity index is 640. The molecule has 238 valence electrons. The van der Waals surface area contributed by atoms with Crippen LogP contribution in [0.1, 0.15) is 128 Å². The first-order valence-electron chi connectivity index (χ1n) is 15.3. The van der Waals surface area contributed by atoms with Gasteiger partial charge in [-0.1, -0.05) is 89.9 Å². The molecule has 1 atom stereocenters. The van der Waals surface area contributed by atoms with E-state index in [0.29, 0.717) is 12.8 Å². The fourth-order valence-corrected chi connectivity index (χ4v) is 4.67. The molecule has 0 heterocycles. The molecule has 11 heteroatoms. The summed E-state index contributed by atoms with van der Waals surface area (Å²) in [5, 5.41) is 0. The summed E-state index contributed by atoms with van der Waals surface area (Å²) in [6.07, 6.45) is 18.9. The molecule has 0 aromatic heterocycles. The van der Waals surface area contributed by atoms with Crippen LogP contribution in [0.4, 0.5) is 0 Å². The number of carbonyl (C=O) groups excluding carboxylic acids is 2. The summed E-state index contributed by atoms with van der Waals surface area (Å²) in [4.78, 5) is 42.3. The largest absolute Gasteiger partial charge is 0.469 e. The monoisotopic (exact) mass is 596 g/mol. The summed E-state index contributed by atoms with van der Waals surface area (Å²) in [6, 6.07) is 0. The molecule has 0 bridgehead atoms. The van der Waals surface area contributed by atoms with Crippen LogP contribution in [0, 0.1) is 0 Å². The van der Waals surface area contributed by atoms with Crippen molar-refractivity contribution in [2.24, 2.45) is 0 Å². The molecule has 0 radical (unpaired) electrons. The van der Waals surface area contributed by atoms with Crippen LogP contribution in [0.2, 0.25) is 0 Å². The Balaban J connectivity index is 4.01. The number of phosphoric acid groups is 1. The SMILES string of the molecule is COCCCCCCCCCCCC(=O)OCC(COP(=O)(O)O)OC(=O)CCCCCCCCCCCOC. The van der Waals surface area contributed by atoms with Crippen LogP contribution in [-0.4, -0.2) is 68.5 Å². The Morgan fingerprint density at radius 3 is 1.35 bits per heavy atom. The molecule has 0 aliphatic carbocycles. The van der Waals surface area contributed by atoms with Crippen LogP contribution in [0.5, 0.6) is 0 Å². The van der Waals surface area contributed by atoms with Gasteiger partial charge < -0.3 is 28.7 Å². The average molecular weight is 597 g/mol. The molecule has 0 amide bonds. The second kappa shape index (κ2) is 28.1. The van der Waals surface area contributed by atoms with Gasteiger partial charge in [0.25, 0.3) is 0 Å². The molecule has 0 aliphatic heterocycles. The van der Waals surface area contributed by atoms with E-state index in [0.717, 1.165) is 64.6 Å². The van der Waals surface area contributed by atoms with Gasteiger partial charge in [0.05, 0.1) is 6.61 Å². The highest BCUT2D eigenvalue weighted by Crippen LogP contribution is 2.35. The van der Waals surface area contributed by atoms with Gasteiger partial charge in [-0.05, 0) is 25.7 Å². The topological polar surface area (TPSA) is 138 Å². The van der Waals surface area contributed by atoms with Crippen molar-refractivity contribution in [3.63, 3.8) is 0 Å². The summed E-state index contributed by atoms with van der Waals surface area (Å²) < 4.78 is 36.2. The van der Waals surface area contributed by atoms with Crippen molar-refractivity contribution in [2.45, 2.75) is 135 Å². The highest BCUT2D eigenvalue weighted by Gasteiger charge is 2.22. The first kappa shape index (κ1) is 39.0. The van der Waals surface area contributed by atoms with E-state index in [-0.39, 0.29) is 19.4 Å². The predicted molar refractivity (Wildman–Crippen MR) is 155 cm³/mol. The van der Waals surface area contributed by atoms with Crippen LogP contribution in [0.15, 0.2) is 0 Å². The average Bonchev–Trinajstić information content (AvgIpc) is 2.91. The van der Waals surface area contributed by atoms with E-state index in [1.165, 1.54) is 51.4 Å². The van der Waals surface area contributed by atoms with Crippen molar-refractivity contribution in [3.05, 3.63) is 0 Å². The van der Waals surface area contributed by atoms with Gasteiger partial charge in [-0.25, -0.2) is 4.57 Å². The lowest BCUT2D eigenvalue weighted by Gasteiger charge is -2.18. The second-order valence-electron chi connectivity index (χ2n) is 10.4. The Hall–Kier alpha value is -1.03. The van der Waals surface area contributed by atoms with Crippen LogP contribution in [0.3, 0.4) is 0 Å². The number of hydrogen-bond donors (Lipinski definition) is 2. The normalized spacial score (nSPS) is 12.4. The maximum atomic E-state index is 12.2. The lowest BCUT2D eigenvalue weighted by atomic mass is 10.1. The lowest BCUT2D eigenvalue weighted by Crippen LogP contribution is -2.29. The Morgan fingerprint density at radius 2 is 0.950 bits per heavy atom. The number of unbranched alkanes of at least 4 members (excludes halogenated alkanes) is 16. The zero-order chi connectivity index (χ0) is 29.7. The van der Waals surface area contributed by atoms with Crippen LogP contribution >= 0.6 is 7.82 Å². The second-order valence-corrected chi connectivity index (χ2v) is 11.7. The van der Waals surface area contributed by atoms with Gasteiger partial charge in [-0.3, -0.25) is 14.1 Å². The van der Waals surface area contributed by atoms with Crippen molar-refractivity contribution in [1.82, 2.24) is 0 Å². The minimum Gasteiger partial charge on any atom is -0.462 e. The smallest absolute Gasteiger partial charge is 0.462 e. The highest BCUT2D eigenvalue weighted by atomic mass is 31.2. The van der Waals surface area contributed by atoms with Crippen LogP contribution in [0.25, 0.3) is 0 Å². The molecule has 0 saturated heterocycles. The molecule has 2 N–H and O–H groups in total. The molecule has 0 saturated carbocycles. The van der Waals surface area contributed by atoms with Crippen molar-refractivity contribution in [2.75, 3.05) is 40.6 Å². The van der Waals surface area contributed by atoms with Gasteiger partial charge in [0.15, 0.2) is 6.10 Å². The van der Waals surface area contributed by atoms with E-state index >= 15 is 0 Å². The van der Waals surface area contributed by atoms with E-state index < -0.39 is 32.5 Å². The molecule has 0 fully saturated rings. The molecule has 0 rings (SSSR count). The standard InChI is InChI=1S/C29H57O10P/c1-35-23-19-15-11-7-3-5-9-13-17-21-28(30)37-25-27(26-38-40(32,33)34)39-29(31)22-18-14-10-6-4-8-12-16-20-24-36-2/h27H,3-26H2,1-2H3,(H2,32,33,34). The third kappa shape index (κ3) is 29.9. The summed E-state index contributed by atoms with van der Waals surface area (Å²) >= 11 is 0. The number of phosphoric ester groups is 1. The predicted octanol–water partition coefficient (Wildman–Crippen LogP) is 6.65. The van der Waals surface area contributed by atoms with E-state index in [4.69, 9.17) is 28.7 Å². The lowest BCUT2D eigenvalue weighted by molar-refractivity contribution is -0.161. The van der Waals surface area contributed by atoms with Gasteiger partial charge >= 0.3 is 19.8 Å². The summed E-state index contributed by atoms with van der Waals surface area (Å²) in [6.45, 7) is 0.812. The minimum atomic E-state index is -4.74. The quantitative estimate of drug-likeness (QED) is 0.0527. The summed E-state index contributed by atoms with van der Waals surface area (Å²) in [5.41, 5.74) is 0. The van der Waals surface area contributed by atoms with E-state index in [1.807, 2.05) is 0 Å². The zero-order valence-electron chi connectivity index (χ0n) is 25.2. The highest BCUT2D eigenvalue weighted by molar-refractivity contribution is 7.46. The van der Waals surface area contributed by atoms with Gasteiger partial charge in [0.2, 0.25) is 0 Å². The van der Waals surface area contributed by atoms with Gasteiger partial charge in [0, 0.05) is 40.3 Å². The summed E-state index contributed by atoms with van der Waals surface area (Å²) in [5.74, 6) is -0.915. The minimum absolute atomic E-state index is 0.199. The Morgan fingerprint density at radius 1 is 0.575 bits per heavy atom. The molecule has 1 unspecified atom stereocenters. The molecule has 0 aromatic rings. The van der Waals surface area contributed by atoms with E-state index in [1.54, 1.807) is 14.2 Å². The fourth-order valence-electron chi connectivity index (χ4n) is 4.31. The number of ether oxygens (including phenoxy) is 4. The molecule has 0 aliphatic rings. The molecular formula is C29H57O10P. The number of esters is 2. The van der Waals surface area contributed by atoms with Gasteiger partial charge in [-0.2, -0.15) is 0 Å². The van der Waals surface area contributed by atoms with Crippen molar-refractivity contribution >= 4 is 19.8 Å². The number of rotatable bonds is 30. The Kier molecular flexibility index (Phi) is 27.4. The van der Waals surface area contributed by atoms with E-state index in [2.05, 4.69) is 4.52 Å². The molecule has 40 heavy (non-hydrogen) atoms. The molecule has 0 aromatic carbocycles. The maximum absolute atomic E-state index is 12.2. The summed E-state index contributed by atoms with van der Waals surface area (Å²) in [7, 11) is -1.30. The number of hydrogen-bond acceptors (Lipinski definition) is 8. The third-order valence-electron chi connectivity index (χ3n) is 6.62. The van der Waals surface area contributed by atoms with Crippen LogP contribution < -0.4 is 0 Å². The van der Waals surface area contributed by atoms with Gasteiger partial charge in [-0.15, -0.1) is 0 Å². The third-order valence-corrected chi connectivity index (χ3v) is 7.10. The van der Waals surface area contributed by atoms with Crippen LogP contribution in [-0.2, 0) is 37.6 Å². The van der Waals surface area contributed by atoms with Crippen molar-refractivity contribution in [1.29, 1.82) is 0 Å². The molecule has 0 spiro atoms. The maximum Gasteiger partial charge on any atom is 0.469 e. The molecule has 10 nitrogen and oxygen atoms in total. The van der Waals surface area contributed by atoms with E-state index in [9.17, 15) is 14.2 Å². The first-order valence-corrected chi connectivity index (χ1v) is 16.8. The number of carbonyl (C=O) groups is 2. The fraction of sp³-hybridized carbons (Fsp3) is 0.931. The van der Waals surface area contributed by atoms with Crippen molar-refractivity contribution < 1.29 is 47.4 Å². The Labute approximate surface area is 242 Å². The number of methoxy groups -OCH3 is 2. The van der Waals surface area contributed by atoms with Crippen molar-refractivity contribution in [3.8, 4) is 0 Å². The zero-order valence-corrected chi connectivity index (χ0v) is 26.0.